The highest BCUT2D eigenvalue weighted by Gasteiger charge is 2.15. The molecule has 0 atom stereocenters. The average Bonchev–Trinajstić information content (AvgIpc) is 3.15. The molecule has 0 aliphatic heterocycles. The minimum atomic E-state index is 0.173. The van der Waals surface area contributed by atoms with Gasteiger partial charge in [-0.3, -0.25) is 0 Å². The van der Waals surface area contributed by atoms with Crippen molar-refractivity contribution in [3.63, 3.8) is 0 Å². The van der Waals surface area contributed by atoms with Gasteiger partial charge in [0.2, 0.25) is 0 Å². The highest BCUT2D eigenvalue weighted by Crippen LogP contribution is 2.32. The van der Waals surface area contributed by atoms with Gasteiger partial charge in [-0.1, -0.05) is 101 Å². The molecule has 26 heavy (non-hydrogen) atoms. The fourth-order valence-corrected chi connectivity index (χ4v) is 3.32. The van der Waals surface area contributed by atoms with Crippen molar-refractivity contribution >= 4 is 5.57 Å². The number of unbranched alkanes of at least 4 members (excludes halogenated alkanes) is 1. The Balaban J connectivity index is 1.99. The summed E-state index contributed by atoms with van der Waals surface area (Å²) in [5, 5.41) is 0. The van der Waals surface area contributed by atoms with Crippen molar-refractivity contribution in [1.82, 2.24) is 0 Å². The van der Waals surface area contributed by atoms with Gasteiger partial charge < -0.3 is 0 Å². The standard InChI is InChI=1S/C26H29/c1-5-6-9-20-12-14-22(15-13-20)25(21-10-7-8-11-21)23-16-18-24(19-17-23)26(2,3)4/h7-8,10,12-19H,5-6,9H2,1-4H3. The molecule has 0 heteroatoms. The third-order valence-corrected chi connectivity index (χ3v) is 4.97. The first kappa shape index (κ1) is 18.5. The first-order valence-electron chi connectivity index (χ1n) is 9.70. The molecule has 2 aromatic carbocycles. The second-order valence-corrected chi connectivity index (χ2v) is 8.09. The number of hydrogen-bond acceptors (Lipinski definition) is 0. The van der Waals surface area contributed by atoms with Gasteiger partial charge in [0.05, 0.1) is 0 Å². The maximum atomic E-state index is 3.39. The zero-order chi connectivity index (χ0) is 18.6. The number of rotatable bonds is 5. The van der Waals surface area contributed by atoms with E-state index < -0.39 is 0 Å². The Kier molecular flexibility index (Phi) is 5.61. The predicted molar refractivity (Wildman–Crippen MR) is 113 cm³/mol. The highest BCUT2D eigenvalue weighted by molar-refractivity contribution is 5.85. The number of aryl methyl sites for hydroxylation is 1. The van der Waals surface area contributed by atoms with Gasteiger partial charge in [-0.25, -0.2) is 0 Å². The lowest BCUT2D eigenvalue weighted by atomic mass is 9.85. The van der Waals surface area contributed by atoms with Crippen molar-refractivity contribution in [3.05, 3.63) is 101 Å². The summed E-state index contributed by atoms with van der Waals surface area (Å²) in [5.41, 5.74) is 7.89. The van der Waals surface area contributed by atoms with E-state index in [0.29, 0.717) is 0 Å². The summed E-state index contributed by atoms with van der Waals surface area (Å²) >= 11 is 0. The minimum absolute atomic E-state index is 0.173. The van der Waals surface area contributed by atoms with Gasteiger partial charge in [0.15, 0.2) is 0 Å². The van der Waals surface area contributed by atoms with Crippen molar-refractivity contribution in [1.29, 1.82) is 0 Å². The number of allylic oxidation sites excluding steroid dienone is 5. The Hall–Kier alpha value is -2.34. The average molecular weight is 342 g/mol. The molecule has 0 spiro atoms. The first-order valence-corrected chi connectivity index (χ1v) is 9.70. The van der Waals surface area contributed by atoms with Crippen molar-refractivity contribution < 1.29 is 0 Å². The van der Waals surface area contributed by atoms with Crippen LogP contribution in [0.1, 0.15) is 62.8 Å². The highest BCUT2D eigenvalue weighted by atomic mass is 14.2. The monoisotopic (exact) mass is 341 g/mol. The smallest absolute Gasteiger partial charge is 0.00326 e. The molecular weight excluding hydrogens is 312 g/mol. The van der Waals surface area contributed by atoms with E-state index in [0.717, 1.165) is 12.0 Å². The van der Waals surface area contributed by atoms with Crippen LogP contribution in [0.3, 0.4) is 0 Å². The molecule has 0 N–H and O–H groups in total. The zero-order valence-corrected chi connectivity index (χ0v) is 16.5. The Morgan fingerprint density at radius 2 is 1.50 bits per heavy atom. The molecule has 0 saturated heterocycles. The van der Waals surface area contributed by atoms with E-state index in [1.165, 1.54) is 40.7 Å². The fourth-order valence-electron chi connectivity index (χ4n) is 3.32. The van der Waals surface area contributed by atoms with Crippen molar-refractivity contribution in [3.8, 4) is 0 Å². The maximum absolute atomic E-state index is 3.39. The van der Waals surface area contributed by atoms with Crippen LogP contribution in [0.4, 0.5) is 0 Å². The van der Waals surface area contributed by atoms with Gasteiger partial charge in [-0.2, -0.15) is 0 Å². The Labute approximate surface area is 159 Å². The van der Waals surface area contributed by atoms with E-state index in [2.05, 4.69) is 94.5 Å². The van der Waals surface area contributed by atoms with Crippen molar-refractivity contribution in [2.75, 3.05) is 0 Å². The molecule has 1 aliphatic carbocycles. The molecule has 0 fully saturated rings. The van der Waals surface area contributed by atoms with Crippen LogP contribution < -0.4 is 0 Å². The molecule has 0 nitrogen and oxygen atoms in total. The zero-order valence-electron chi connectivity index (χ0n) is 16.5. The Bertz CT molecular complexity index is 805. The summed E-state index contributed by atoms with van der Waals surface area (Å²) in [6.45, 7) is 9.01. The van der Waals surface area contributed by atoms with Crippen LogP contribution in [0.5, 0.6) is 0 Å². The molecule has 0 aromatic heterocycles. The summed E-state index contributed by atoms with van der Waals surface area (Å²) < 4.78 is 0. The molecule has 1 aliphatic rings. The number of benzene rings is 2. The third-order valence-electron chi connectivity index (χ3n) is 4.97. The van der Waals surface area contributed by atoms with Crippen LogP contribution in [0.2, 0.25) is 0 Å². The van der Waals surface area contributed by atoms with Crippen LogP contribution in [0.15, 0.2) is 72.3 Å². The summed E-state index contributed by atoms with van der Waals surface area (Å²) in [6.07, 6.45) is 13.3. The molecule has 1 radical (unpaired) electrons. The molecule has 133 valence electrons. The second kappa shape index (κ2) is 7.91. The normalized spacial score (nSPS) is 15.5. The Morgan fingerprint density at radius 3 is 2.00 bits per heavy atom. The van der Waals surface area contributed by atoms with E-state index in [1.807, 2.05) is 6.08 Å². The minimum Gasteiger partial charge on any atom is -0.0654 e. The summed E-state index contributed by atoms with van der Waals surface area (Å²) in [6, 6.07) is 18.1. The molecule has 0 unspecified atom stereocenters. The molecule has 0 bridgehead atoms. The predicted octanol–water partition coefficient (Wildman–Crippen LogP) is 7.06. The first-order chi connectivity index (χ1) is 12.5. The lowest BCUT2D eigenvalue weighted by molar-refractivity contribution is 0.590. The van der Waals surface area contributed by atoms with Crippen LogP contribution >= 0.6 is 0 Å². The van der Waals surface area contributed by atoms with E-state index in [9.17, 15) is 0 Å². The summed E-state index contributed by atoms with van der Waals surface area (Å²) in [7, 11) is 0. The van der Waals surface area contributed by atoms with Gasteiger partial charge >= 0.3 is 0 Å². The fraction of sp³-hybridized carbons (Fsp3) is 0.308. The van der Waals surface area contributed by atoms with Gasteiger partial charge in [0, 0.05) is 0 Å². The molecule has 2 aromatic rings. The summed E-state index contributed by atoms with van der Waals surface area (Å²) in [5.74, 6) is 0. The second-order valence-electron chi connectivity index (χ2n) is 8.09. The lowest BCUT2D eigenvalue weighted by Crippen LogP contribution is -2.10. The summed E-state index contributed by atoms with van der Waals surface area (Å²) in [4.78, 5) is 0. The van der Waals surface area contributed by atoms with Crippen molar-refractivity contribution in [2.45, 2.75) is 52.4 Å². The Morgan fingerprint density at radius 1 is 0.885 bits per heavy atom. The maximum Gasteiger partial charge on any atom is -0.00326 e. The van der Waals surface area contributed by atoms with Gasteiger partial charge in [-0.15, -0.1) is 0 Å². The molecule has 0 amide bonds. The van der Waals surface area contributed by atoms with Crippen LogP contribution in [0.25, 0.3) is 5.57 Å². The van der Waals surface area contributed by atoms with E-state index in [4.69, 9.17) is 0 Å². The third kappa shape index (κ3) is 4.25. The van der Waals surface area contributed by atoms with E-state index in [1.54, 1.807) is 0 Å². The molecule has 0 heterocycles. The van der Waals surface area contributed by atoms with E-state index in [-0.39, 0.29) is 5.41 Å². The molecular formula is C26H29. The van der Waals surface area contributed by atoms with Crippen LogP contribution in [-0.4, -0.2) is 0 Å². The molecule has 0 saturated carbocycles. The van der Waals surface area contributed by atoms with Gasteiger partial charge in [-0.05, 0) is 57.7 Å². The van der Waals surface area contributed by atoms with Crippen LogP contribution in [-0.2, 0) is 11.8 Å². The van der Waals surface area contributed by atoms with Gasteiger partial charge in [0.1, 0.15) is 0 Å². The quantitative estimate of drug-likeness (QED) is 0.546. The SMILES string of the molecule is CCCCc1ccc(C(=C2[C]=CC=C2)c2ccc(C(C)(C)C)cc2)cc1. The topological polar surface area (TPSA) is 0 Å². The largest absolute Gasteiger partial charge is 0.0654 e. The van der Waals surface area contributed by atoms with Crippen molar-refractivity contribution in [2.24, 2.45) is 0 Å². The lowest BCUT2D eigenvalue weighted by Gasteiger charge is -2.20. The number of hydrogen-bond donors (Lipinski definition) is 0. The molecule has 3 rings (SSSR count). The van der Waals surface area contributed by atoms with Gasteiger partial charge in [0.25, 0.3) is 0 Å². The van der Waals surface area contributed by atoms with E-state index >= 15 is 0 Å². The van der Waals surface area contributed by atoms with Crippen LogP contribution in [0, 0.1) is 6.08 Å².